The molecule has 0 unspecified atom stereocenters. The number of allylic oxidation sites excluding steroid dienone is 8. The Hall–Kier alpha value is -1.04. The van der Waals surface area contributed by atoms with Gasteiger partial charge in [-0.3, -0.25) is 0 Å². The molecule has 0 N–H and O–H groups in total. The van der Waals surface area contributed by atoms with Crippen molar-refractivity contribution in [3.63, 3.8) is 0 Å². The van der Waals surface area contributed by atoms with Crippen molar-refractivity contribution in [2.24, 2.45) is 0 Å². The van der Waals surface area contributed by atoms with Crippen molar-refractivity contribution in [3.8, 4) is 0 Å². The highest BCUT2D eigenvalue weighted by atomic mass is 14.2. The molecule has 0 aromatic heterocycles. The van der Waals surface area contributed by atoms with Crippen LogP contribution in [0.15, 0.2) is 46.6 Å². The zero-order chi connectivity index (χ0) is 8.55. The molecule has 62 valence electrons. The van der Waals surface area contributed by atoms with E-state index in [-0.39, 0.29) is 0 Å². The van der Waals surface area contributed by atoms with E-state index in [9.17, 15) is 0 Å². The third-order valence-electron chi connectivity index (χ3n) is 2.63. The van der Waals surface area contributed by atoms with Crippen LogP contribution in [0.1, 0.15) is 26.7 Å². The fourth-order valence-electron chi connectivity index (χ4n) is 2.01. The molecule has 0 saturated heterocycles. The van der Waals surface area contributed by atoms with Gasteiger partial charge >= 0.3 is 0 Å². The SMILES string of the molecule is CC1=CCC(C)=C1C1=CC=CC1. The lowest BCUT2D eigenvalue weighted by Crippen LogP contribution is -1.88. The van der Waals surface area contributed by atoms with Crippen molar-refractivity contribution in [2.45, 2.75) is 26.7 Å². The van der Waals surface area contributed by atoms with Crippen molar-refractivity contribution in [3.05, 3.63) is 46.6 Å². The smallest absolute Gasteiger partial charge is 0.00883 e. The quantitative estimate of drug-likeness (QED) is 0.547. The van der Waals surface area contributed by atoms with Crippen LogP contribution in [0.25, 0.3) is 0 Å². The summed E-state index contributed by atoms with van der Waals surface area (Å²) in [5.41, 5.74) is 6.00. The van der Waals surface area contributed by atoms with Crippen molar-refractivity contribution in [1.29, 1.82) is 0 Å². The van der Waals surface area contributed by atoms with Crippen LogP contribution in [0.4, 0.5) is 0 Å². The number of hydrogen-bond acceptors (Lipinski definition) is 0. The van der Waals surface area contributed by atoms with Crippen molar-refractivity contribution in [1.82, 2.24) is 0 Å². The lowest BCUT2D eigenvalue weighted by Gasteiger charge is -2.07. The third kappa shape index (κ3) is 1.08. The van der Waals surface area contributed by atoms with Crippen LogP contribution in [-0.2, 0) is 0 Å². The molecule has 0 spiro atoms. The summed E-state index contributed by atoms with van der Waals surface area (Å²) in [6, 6.07) is 0. The Kier molecular flexibility index (Phi) is 1.76. The molecule has 0 atom stereocenters. The van der Waals surface area contributed by atoms with E-state index in [1.807, 2.05) is 0 Å². The fourth-order valence-corrected chi connectivity index (χ4v) is 2.01. The summed E-state index contributed by atoms with van der Waals surface area (Å²) >= 11 is 0. The first-order chi connectivity index (χ1) is 5.79. The van der Waals surface area contributed by atoms with Crippen LogP contribution in [-0.4, -0.2) is 0 Å². The normalized spacial score (nSPS) is 21.8. The van der Waals surface area contributed by atoms with Gasteiger partial charge in [0.2, 0.25) is 0 Å². The van der Waals surface area contributed by atoms with Gasteiger partial charge in [0, 0.05) is 0 Å². The van der Waals surface area contributed by atoms with E-state index < -0.39 is 0 Å². The Morgan fingerprint density at radius 2 is 2.00 bits per heavy atom. The number of hydrogen-bond donors (Lipinski definition) is 0. The monoisotopic (exact) mass is 158 g/mol. The van der Waals surface area contributed by atoms with Crippen LogP contribution in [0, 0.1) is 0 Å². The Morgan fingerprint density at radius 1 is 1.17 bits per heavy atom. The molecule has 0 amide bonds. The molecule has 0 aromatic rings. The minimum absolute atomic E-state index is 1.12. The molecular formula is C12H14. The Morgan fingerprint density at radius 3 is 2.50 bits per heavy atom. The molecular weight excluding hydrogens is 144 g/mol. The van der Waals surface area contributed by atoms with Gasteiger partial charge in [-0.15, -0.1) is 0 Å². The van der Waals surface area contributed by atoms with E-state index in [4.69, 9.17) is 0 Å². The molecule has 0 nitrogen and oxygen atoms in total. The molecule has 12 heavy (non-hydrogen) atoms. The van der Waals surface area contributed by atoms with Crippen LogP contribution in [0.3, 0.4) is 0 Å². The molecule has 0 aliphatic heterocycles. The molecule has 2 aliphatic rings. The van der Waals surface area contributed by atoms with Crippen LogP contribution < -0.4 is 0 Å². The first-order valence-electron chi connectivity index (χ1n) is 4.52. The van der Waals surface area contributed by atoms with Gasteiger partial charge in [0.15, 0.2) is 0 Å². The van der Waals surface area contributed by atoms with Gasteiger partial charge in [-0.25, -0.2) is 0 Å². The maximum atomic E-state index is 2.32. The van der Waals surface area contributed by atoms with E-state index in [0.717, 1.165) is 12.8 Å². The second kappa shape index (κ2) is 2.78. The van der Waals surface area contributed by atoms with E-state index in [1.54, 1.807) is 0 Å². The van der Waals surface area contributed by atoms with Gasteiger partial charge in [-0.2, -0.15) is 0 Å². The molecule has 0 radical (unpaired) electrons. The molecule has 2 aliphatic carbocycles. The Balaban J connectivity index is 2.34. The van der Waals surface area contributed by atoms with Crippen molar-refractivity contribution in [2.75, 3.05) is 0 Å². The average Bonchev–Trinajstić information content (AvgIpc) is 2.61. The summed E-state index contributed by atoms with van der Waals surface area (Å²) in [7, 11) is 0. The van der Waals surface area contributed by atoms with Crippen LogP contribution in [0.5, 0.6) is 0 Å². The maximum Gasteiger partial charge on any atom is -0.00883 e. The third-order valence-corrected chi connectivity index (χ3v) is 2.63. The Labute approximate surface area is 74.0 Å². The second-order valence-electron chi connectivity index (χ2n) is 3.57. The molecule has 0 aromatic carbocycles. The van der Waals surface area contributed by atoms with Crippen LogP contribution in [0.2, 0.25) is 0 Å². The van der Waals surface area contributed by atoms with Gasteiger partial charge in [-0.05, 0) is 43.4 Å². The highest BCUT2D eigenvalue weighted by molar-refractivity contribution is 5.55. The first kappa shape index (κ1) is 7.60. The summed E-state index contributed by atoms with van der Waals surface area (Å²) < 4.78 is 0. The summed E-state index contributed by atoms with van der Waals surface area (Å²) in [5.74, 6) is 0. The average molecular weight is 158 g/mol. The number of rotatable bonds is 1. The van der Waals surface area contributed by atoms with Crippen LogP contribution >= 0.6 is 0 Å². The minimum atomic E-state index is 1.12. The molecule has 0 fully saturated rings. The van der Waals surface area contributed by atoms with E-state index in [0.29, 0.717) is 0 Å². The van der Waals surface area contributed by atoms with E-state index >= 15 is 0 Å². The zero-order valence-corrected chi connectivity index (χ0v) is 7.72. The van der Waals surface area contributed by atoms with Gasteiger partial charge < -0.3 is 0 Å². The van der Waals surface area contributed by atoms with Gasteiger partial charge in [0.1, 0.15) is 0 Å². The predicted octanol–water partition coefficient (Wildman–Crippen LogP) is 3.54. The molecule has 0 heterocycles. The maximum absolute atomic E-state index is 2.32. The van der Waals surface area contributed by atoms with Gasteiger partial charge in [0.25, 0.3) is 0 Å². The first-order valence-corrected chi connectivity index (χ1v) is 4.52. The molecule has 2 rings (SSSR count). The fraction of sp³-hybridized carbons (Fsp3) is 0.333. The summed E-state index contributed by atoms with van der Waals surface area (Å²) in [6.07, 6.45) is 11.2. The summed E-state index contributed by atoms with van der Waals surface area (Å²) in [5, 5.41) is 0. The van der Waals surface area contributed by atoms with Crippen molar-refractivity contribution >= 4 is 0 Å². The van der Waals surface area contributed by atoms with Gasteiger partial charge in [-0.1, -0.05) is 29.9 Å². The van der Waals surface area contributed by atoms with E-state index in [2.05, 4.69) is 38.2 Å². The minimum Gasteiger partial charge on any atom is -0.0801 e. The molecule has 0 heteroatoms. The topological polar surface area (TPSA) is 0 Å². The van der Waals surface area contributed by atoms with Crippen molar-refractivity contribution < 1.29 is 0 Å². The standard InChI is InChI=1S/C12H14/c1-9-7-8-10(2)12(9)11-5-3-4-6-11/h3-5,7H,6,8H2,1-2H3. The van der Waals surface area contributed by atoms with E-state index in [1.165, 1.54) is 22.3 Å². The molecule has 0 saturated carbocycles. The second-order valence-corrected chi connectivity index (χ2v) is 3.57. The predicted molar refractivity (Wildman–Crippen MR) is 52.9 cm³/mol. The zero-order valence-electron chi connectivity index (χ0n) is 7.72. The molecule has 0 bridgehead atoms. The highest BCUT2D eigenvalue weighted by Gasteiger charge is 2.15. The summed E-state index contributed by atoms with van der Waals surface area (Å²) in [4.78, 5) is 0. The summed E-state index contributed by atoms with van der Waals surface area (Å²) in [6.45, 7) is 4.45. The lowest BCUT2D eigenvalue weighted by atomic mass is 9.98. The Bertz CT molecular complexity index is 322. The van der Waals surface area contributed by atoms with Gasteiger partial charge in [0.05, 0.1) is 0 Å². The largest absolute Gasteiger partial charge is 0.0801 e. The highest BCUT2D eigenvalue weighted by Crippen LogP contribution is 2.34. The lowest BCUT2D eigenvalue weighted by molar-refractivity contribution is 1.18.